The molecule has 2 saturated heterocycles. The van der Waals surface area contributed by atoms with Crippen LogP contribution in [0.15, 0.2) is 36.5 Å². The summed E-state index contributed by atoms with van der Waals surface area (Å²) in [7, 11) is 4.86. The number of carbonyl (C=O) groups is 5. The first-order valence-corrected chi connectivity index (χ1v) is 21.0. The van der Waals surface area contributed by atoms with Crippen molar-refractivity contribution in [3.8, 4) is 0 Å². The first kappa shape index (κ1) is 47.7. The molecule has 2 N–H and O–H groups in total. The Hall–Kier alpha value is -3.71. The summed E-state index contributed by atoms with van der Waals surface area (Å²) in [6, 6.07) is -1.68. The second-order valence-electron chi connectivity index (χ2n) is 17.7. The van der Waals surface area contributed by atoms with Gasteiger partial charge in [0, 0.05) is 40.9 Å². The molecular formula is C44H73N5O8. The van der Waals surface area contributed by atoms with E-state index in [4.69, 9.17) is 14.2 Å². The number of hydrogen-bond acceptors (Lipinski definition) is 8. The monoisotopic (exact) mass is 800 g/mol. The van der Waals surface area contributed by atoms with Crippen molar-refractivity contribution in [2.24, 2.45) is 23.7 Å². The van der Waals surface area contributed by atoms with Crippen LogP contribution in [-0.2, 0) is 33.4 Å². The van der Waals surface area contributed by atoms with E-state index >= 15 is 0 Å². The van der Waals surface area contributed by atoms with Gasteiger partial charge in [-0.15, -0.1) is 0 Å². The molecule has 13 nitrogen and oxygen atoms in total. The highest BCUT2D eigenvalue weighted by Crippen LogP contribution is 2.33. The molecule has 2 aliphatic heterocycles. The molecule has 0 saturated carbocycles. The third-order valence-corrected chi connectivity index (χ3v) is 12.0. The van der Waals surface area contributed by atoms with Crippen molar-refractivity contribution in [2.75, 3.05) is 40.9 Å². The van der Waals surface area contributed by atoms with Crippen LogP contribution in [0.4, 0.5) is 4.79 Å². The minimum Gasteiger partial charge on any atom is -0.444 e. The van der Waals surface area contributed by atoms with Crippen molar-refractivity contribution in [1.82, 2.24) is 25.3 Å². The van der Waals surface area contributed by atoms with Crippen LogP contribution in [0.5, 0.6) is 0 Å². The summed E-state index contributed by atoms with van der Waals surface area (Å²) in [4.78, 5) is 74.1. The lowest BCUT2D eigenvalue weighted by Crippen LogP contribution is -2.62. The van der Waals surface area contributed by atoms with Gasteiger partial charge in [0.05, 0.1) is 36.6 Å². The Bertz CT molecular complexity index is 1460. The first-order valence-electron chi connectivity index (χ1n) is 21.0. The van der Waals surface area contributed by atoms with E-state index < -0.39 is 53.3 Å². The topological polar surface area (TPSA) is 147 Å². The van der Waals surface area contributed by atoms with Crippen LogP contribution in [0, 0.1) is 23.7 Å². The predicted octanol–water partition coefficient (Wildman–Crippen LogP) is 5.64. The molecule has 322 valence electrons. The largest absolute Gasteiger partial charge is 0.444 e. The van der Waals surface area contributed by atoms with Crippen molar-refractivity contribution in [1.29, 1.82) is 0 Å². The molecule has 57 heavy (non-hydrogen) atoms. The zero-order valence-electron chi connectivity index (χ0n) is 36.8. The van der Waals surface area contributed by atoms with Crippen LogP contribution in [0.3, 0.4) is 0 Å². The number of likely N-dealkylation sites (tertiary alicyclic amines) is 2. The number of likely N-dealkylation sites (N-methyl/N-ethyl adjacent to an activating group) is 1. The molecule has 0 aromatic rings. The highest BCUT2D eigenvalue weighted by molar-refractivity contribution is 5.94. The fourth-order valence-electron chi connectivity index (χ4n) is 8.47. The highest BCUT2D eigenvalue weighted by atomic mass is 16.6. The number of amides is 5. The zero-order valence-corrected chi connectivity index (χ0v) is 36.8. The second-order valence-corrected chi connectivity index (χ2v) is 17.7. The maximum atomic E-state index is 14.5. The van der Waals surface area contributed by atoms with Crippen LogP contribution < -0.4 is 10.6 Å². The Morgan fingerprint density at radius 1 is 0.947 bits per heavy atom. The van der Waals surface area contributed by atoms with Gasteiger partial charge < -0.3 is 34.6 Å². The minimum atomic E-state index is -1.18. The Morgan fingerprint density at radius 2 is 1.60 bits per heavy atom. The Balaban J connectivity index is 1.74. The third kappa shape index (κ3) is 12.4. The SMILES string of the molecule is CC[C@H](C)[C@@H]([C@@H](CC(=O)N1CCC[C@H]1[C@H](OC)[C@@H](C)C(=O)NCCC1C=CC=CC=C1)OC)N(C)C(=O)[C@@H](NC(=O)[C@]1(C)CCCN1C(=O)OC(C)(C)C)C(C)C. The molecule has 3 rings (SSSR count). The molecule has 13 heteroatoms. The van der Waals surface area contributed by atoms with Gasteiger partial charge in [0.15, 0.2) is 0 Å². The molecule has 0 unspecified atom stereocenters. The average Bonchev–Trinajstić information content (AvgIpc) is 3.72. The summed E-state index contributed by atoms with van der Waals surface area (Å²) in [6.07, 6.45) is 14.6. The summed E-state index contributed by atoms with van der Waals surface area (Å²) >= 11 is 0. The summed E-state index contributed by atoms with van der Waals surface area (Å²) in [5, 5.41) is 6.08. The molecule has 0 bridgehead atoms. The fourth-order valence-corrected chi connectivity index (χ4v) is 8.47. The molecule has 0 radical (unpaired) electrons. The molecule has 2 heterocycles. The Kier molecular flexibility index (Phi) is 17.8. The molecule has 0 aromatic carbocycles. The van der Waals surface area contributed by atoms with E-state index in [9.17, 15) is 24.0 Å². The van der Waals surface area contributed by atoms with Crippen molar-refractivity contribution < 1.29 is 38.2 Å². The quantitative estimate of drug-likeness (QED) is 0.181. The predicted molar refractivity (Wildman–Crippen MR) is 222 cm³/mol. The number of allylic oxidation sites excluding steroid dienone is 6. The number of methoxy groups -OCH3 is 2. The smallest absolute Gasteiger partial charge is 0.411 e. The molecule has 5 amide bonds. The number of rotatable bonds is 18. The number of nitrogens with one attached hydrogen (secondary N) is 2. The summed E-state index contributed by atoms with van der Waals surface area (Å²) in [5.74, 6) is -1.53. The average molecular weight is 800 g/mol. The standard InChI is InChI=1S/C44H73N5O8/c1-13-30(4)37(47(10)40(52)36(29(2)3)46-41(53)44(9)24-19-27-49(44)42(54)57-43(6,7)8)34(55-11)28-35(50)48-26-18-22-33(48)38(56-12)31(5)39(51)45-25-23-32-20-16-14-15-17-21-32/h14-17,20-21,29-34,36-38H,13,18-19,22-28H2,1-12H3,(H,45,51)(H,46,53)/t30-,31+,33-,34+,36-,37-,38+,44-/m0/s1. The molecule has 8 atom stereocenters. The van der Waals surface area contributed by atoms with Crippen molar-refractivity contribution >= 4 is 29.7 Å². The Labute approximate surface area is 342 Å². The minimum absolute atomic E-state index is 0.0234. The van der Waals surface area contributed by atoms with E-state index in [1.807, 2.05) is 63.8 Å². The molecule has 3 aliphatic rings. The van der Waals surface area contributed by atoms with E-state index in [0.717, 1.165) is 12.8 Å². The molecule has 0 spiro atoms. The van der Waals surface area contributed by atoms with Crippen LogP contribution in [0.25, 0.3) is 0 Å². The van der Waals surface area contributed by atoms with Gasteiger partial charge in [-0.2, -0.15) is 0 Å². The van der Waals surface area contributed by atoms with Crippen LogP contribution in [0.2, 0.25) is 0 Å². The van der Waals surface area contributed by atoms with E-state index in [1.54, 1.807) is 53.9 Å². The van der Waals surface area contributed by atoms with Gasteiger partial charge in [-0.1, -0.05) is 77.5 Å². The van der Waals surface area contributed by atoms with Crippen molar-refractivity contribution in [3.63, 3.8) is 0 Å². The second kappa shape index (κ2) is 21.3. The number of nitrogens with zero attached hydrogens (tertiary/aromatic N) is 3. The van der Waals surface area contributed by atoms with Gasteiger partial charge in [-0.25, -0.2) is 4.79 Å². The molecule has 2 fully saturated rings. The maximum absolute atomic E-state index is 14.5. The lowest BCUT2D eigenvalue weighted by Gasteiger charge is -2.41. The van der Waals surface area contributed by atoms with Crippen molar-refractivity contribution in [3.05, 3.63) is 36.5 Å². The molecule has 1 aliphatic carbocycles. The van der Waals surface area contributed by atoms with E-state index in [0.29, 0.717) is 45.3 Å². The first-order chi connectivity index (χ1) is 26.8. The molecule has 0 aromatic heterocycles. The van der Waals surface area contributed by atoms with E-state index in [2.05, 4.69) is 22.8 Å². The van der Waals surface area contributed by atoms with Gasteiger partial charge in [-0.05, 0) is 77.6 Å². The van der Waals surface area contributed by atoms with Crippen molar-refractivity contribution in [2.45, 2.75) is 149 Å². The maximum Gasteiger partial charge on any atom is 0.411 e. The summed E-state index contributed by atoms with van der Waals surface area (Å²) in [6.45, 7) is 18.2. The van der Waals surface area contributed by atoms with Gasteiger partial charge in [-0.3, -0.25) is 24.1 Å². The lowest BCUT2D eigenvalue weighted by molar-refractivity contribution is -0.148. The van der Waals surface area contributed by atoms with Crippen LogP contribution >= 0.6 is 0 Å². The fraction of sp³-hybridized carbons (Fsp3) is 0.750. The van der Waals surface area contributed by atoms with Crippen LogP contribution in [0.1, 0.15) is 107 Å². The Morgan fingerprint density at radius 3 is 2.16 bits per heavy atom. The lowest BCUT2D eigenvalue weighted by atomic mass is 9.89. The summed E-state index contributed by atoms with van der Waals surface area (Å²) < 4.78 is 17.6. The third-order valence-electron chi connectivity index (χ3n) is 12.0. The van der Waals surface area contributed by atoms with Gasteiger partial charge in [0.25, 0.3) is 0 Å². The van der Waals surface area contributed by atoms with Gasteiger partial charge >= 0.3 is 6.09 Å². The number of ether oxygens (including phenoxy) is 3. The molecular weight excluding hydrogens is 727 g/mol. The van der Waals surface area contributed by atoms with Gasteiger partial charge in [0.1, 0.15) is 17.2 Å². The van der Waals surface area contributed by atoms with Crippen LogP contribution in [-0.4, -0.2) is 127 Å². The highest BCUT2D eigenvalue weighted by Gasteiger charge is 2.49. The zero-order chi connectivity index (χ0) is 42.7. The number of carbonyl (C=O) groups excluding carboxylic acids is 5. The van der Waals surface area contributed by atoms with Gasteiger partial charge in [0.2, 0.25) is 23.6 Å². The number of hydrogen-bond donors (Lipinski definition) is 2. The van der Waals surface area contributed by atoms with E-state index in [1.165, 1.54) is 4.90 Å². The normalized spacial score (nSPS) is 23.1. The summed E-state index contributed by atoms with van der Waals surface area (Å²) in [5.41, 5.74) is -1.91. The van der Waals surface area contributed by atoms with E-state index in [-0.39, 0.29) is 47.9 Å².